The van der Waals surface area contributed by atoms with E-state index in [1.165, 1.54) is 0 Å². The van der Waals surface area contributed by atoms with E-state index in [1.54, 1.807) is 0 Å². The molecule has 1 aromatic rings. The maximum absolute atomic E-state index is 13.5. The molecule has 1 aliphatic rings. The molecule has 0 saturated carbocycles. The van der Waals surface area contributed by atoms with Crippen molar-refractivity contribution in [2.75, 3.05) is 6.79 Å². The van der Waals surface area contributed by atoms with Gasteiger partial charge in [-0.05, 0) is 18.2 Å². The second kappa shape index (κ2) is 5.18. The van der Waals surface area contributed by atoms with Crippen molar-refractivity contribution in [3.63, 3.8) is 0 Å². The summed E-state index contributed by atoms with van der Waals surface area (Å²) in [7, 11) is 0. The van der Waals surface area contributed by atoms with Crippen LogP contribution in [0.5, 0.6) is 11.5 Å². The largest absolute Gasteiger partial charge is 0.460 e. The summed E-state index contributed by atoms with van der Waals surface area (Å²) in [4.78, 5) is 11.5. The summed E-state index contributed by atoms with van der Waals surface area (Å²) in [5.41, 5.74) is -1.25. The first-order chi connectivity index (χ1) is 10.7. The van der Waals surface area contributed by atoms with Gasteiger partial charge in [-0.15, -0.1) is 0 Å². The molecule has 2 rings (SSSR count). The SMILES string of the molecule is O=C(c1ccc2c(c1)OCO2)C(F)(F)C(F)(F)C(F)(F)C(F)(F)F. The molecule has 3 nitrogen and oxygen atoms in total. The molecule has 0 aromatic heterocycles. The van der Waals surface area contributed by atoms with Gasteiger partial charge in [-0.3, -0.25) is 4.79 Å². The van der Waals surface area contributed by atoms with Crippen LogP contribution in [-0.4, -0.2) is 36.5 Å². The van der Waals surface area contributed by atoms with E-state index in [1.807, 2.05) is 0 Å². The number of fused-ring (bicyclic) bond motifs is 1. The zero-order valence-corrected chi connectivity index (χ0v) is 11.1. The van der Waals surface area contributed by atoms with Crippen LogP contribution in [-0.2, 0) is 0 Å². The molecule has 0 fully saturated rings. The molecular weight excluding hydrogens is 363 g/mol. The van der Waals surface area contributed by atoms with E-state index in [-0.39, 0.29) is 18.3 Å². The van der Waals surface area contributed by atoms with Gasteiger partial charge in [0.1, 0.15) is 0 Å². The monoisotopic (exact) mass is 368 g/mol. The topological polar surface area (TPSA) is 35.5 Å². The molecular formula is C12H5F9O3. The lowest BCUT2D eigenvalue weighted by Crippen LogP contribution is -2.63. The molecule has 1 aliphatic heterocycles. The van der Waals surface area contributed by atoms with E-state index in [9.17, 15) is 44.3 Å². The lowest BCUT2D eigenvalue weighted by atomic mass is 9.95. The van der Waals surface area contributed by atoms with Crippen LogP contribution in [0.2, 0.25) is 0 Å². The minimum absolute atomic E-state index is 0.0535. The van der Waals surface area contributed by atoms with Gasteiger partial charge in [0.15, 0.2) is 11.5 Å². The Morgan fingerprint density at radius 2 is 1.38 bits per heavy atom. The maximum Gasteiger partial charge on any atom is 0.460 e. The standard InChI is InChI=1S/C12H5F9O3/c13-9(14,10(15,16)11(17,18)12(19,20)21)8(22)5-1-2-6-7(3-5)24-4-23-6/h1-3H,4H2. The molecule has 0 aliphatic carbocycles. The summed E-state index contributed by atoms with van der Waals surface area (Å²) >= 11 is 0. The number of alkyl halides is 9. The number of Topliss-reactive ketones (excluding diaryl/α,β-unsaturated/α-hetero) is 1. The Morgan fingerprint density at radius 1 is 0.833 bits per heavy atom. The molecule has 0 spiro atoms. The highest BCUT2D eigenvalue weighted by atomic mass is 19.4. The molecule has 0 amide bonds. The molecule has 0 radical (unpaired) electrons. The van der Waals surface area contributed by atoms with Gasteiger partial charge < -0.3 is 9.47 Å². The molecule has 24 heavy (non-hydrogen) atoms. The first kappa shape index (κ1) is 18.2. The van der Waals surface area contributed by atoms with E-state index in [2.05, 4.69) is 4.74 Å². The highest BCUT2D eigenvalue weighted by molar-refractivity contribution is 6.02. The molecule has 0 unspecified atom stereocenters. The second-order valence-corrected chi connectivity index (χ2v) is 4.62. The predicted molar refractivity (Wildman–Crippen MR) is 57.8 cm³/mol. The van der Waals surface area contributed by atoms with Gasteiger partial charge in [-0.2, -0.15) is 39.5 Å². The van der Waals surface area contributed by atoms with Crippen LogP contribution < -0.4 is 9.47 Å². The number of halogens is 9. The zero-order valence-electron chi connectivity index (χ0n) is 11.1. The van der Waals surface area contributed by atoms with Gasteiger partial charge in [0.05, 0.1) is 0 Å². The zero-order chi connectivity index (χ0) is 18.6. The number of carbonyl (C=O) groups excluding carboxylic acids is 1. The predicted octanol–water partition coefficient (Wildman–Crippen LogP) is 4.07. The molecule has 12 heteroatoms. The average Bonchev–Trinajstić information content (AvgIpc) is 2.91. The summed E-state index contributed by atoms with van der Waals surface area (Å²) in [5.74, 6) is -23.8. The van der Waals surface area contributed by atoms with E-state index in [4.69, 9.17) is 4.74 Å². The van der Waals surface area contributed by atoms with Crippen molar-refractivity contribution in [2.24, 2.45) is 0 Å². The summed E-state index contributed by atoms with van der Waals surface area (Å²) in [6.45, 7) is -0.383. The van der Waals surface area contributed by atoms with E-state index in [0.29, 0.717) is 12.1 Å². The minimum atomic E-state index is -7.13. The first-order valence-electron chi connectivity index (χ1n) is 5.88. The first-order valence-corrected chi connectivity index (χ1v) is 5.88. The number of ether oxygens (including phenoxy) is 2. The number of ketones is 1. The van der Waals surface area contributed by atoms with Crippen molar-refractivity contribution < 1.29 is 53.8 Å². The smallest absolute Gasteiger partial charge is 0.454 e. The number of hydrogen-bond acceptors (Lipinski definition) is 3. The summed E-state index contributed by atoms with van der Waals surface area (Å²) in [6, 6.07) is 1.82. The van der Waals surface area contributed by atoms with E-state index < -0.39 is 35.3 Å². The Kier molecular flexibility index (Phi) is 3.93. The fourth-order valence-electron chi connectivity index (χ4n) is 1.74. The van der Waals surface area contributed by atoms with Crippen molar-refractivity contribution in [1.29, 1.82) is 0 Å². The maximum atomic E-state index is 13.5. The molecule has 0 N–H and O–H groups in total. The lowest BCUT2D eigenvalue weighted by molar-refractivity contribution is -0.386. The Hall–Kier alpha value is -2.14. The Labute approximate surface area is 126 Å². The summed E-state index contributed by atoms with van der Waals surface area (Å²) in [5, 5.41) is 0. The third kappa shape index (κ3) is 2.44. The van der Waals surface area contributed by atoms with Gasteiger partial charge in [0.2, 0.25) is 12.6 Å². The van der Waals surface area contributed by atoms with Gasteiger partial charge in [-0.1, -0.05) is 0 Å². The van der Waals surface area contributed by atoms with Crippen LogP contribution in [0.15, 0.2) is 18.2 Å². The minimum Gasteiger partial charge on any atom is -0.454 e. The number of hydrogen-bond donors (Lipinski definition) is 0. The van der Waals surface area contributed by atoms with Crippen molar-refractivity contribution in [2.45, 2.75) is 23.9 Å². The molecule has 1 heterocycles. The number of carbonyl (C=O) groups is 1. The van der Waals surface area contributed by atoms with Crippen molar-refractivity contribution in [3.05, 3.63) is 23.8 Å². The lowest BCUT2D eigenvalue weighted by Gasteiger charge is -2.32. The second-order valence-electron chi connectivity index (χ2n) is 4.62. The number of benzene rings is 1. The third-order valence-corrected chi connectivity index (χ3v) is 3.06. The Morgan fingerprint density at radius 3 is 1.92 bits per heavy atom. The summed E-state index contributed by atoms with van der Waals surface area (Å²) in [6.07, 6.45) is -6.99. The summed E-state index contributed by atoms with van der Waals surface area (Å²) < 4.78 is 124. The van der Waals surface area contributed by atoms with Crippen LogP contribution in [0.25, 0.3) is 0 Å². The van der Waals surface area contributed by atoms with Crippen molar-refractivity contribution in [1.82, 2.24) is 0 Å². The molecule has 0 atom stereocenters. The quantitative estimate of drug-likeness (QED) is 0.594. The third-order valence-electron chi connectivity index (χ3n) is 3.06. The van der Waals surface area contributed by atoms with Gasteiger partial charge >= 0.3 is 23.9 Å². The molecule has 134 valence electrons. The average molecular weight is 368 g/mol. The Balaban J connectivity index is 2.43. The fraction of sp³-hybridized carbons (Fsp3) is 0.417. The van der Waals surface area contributed by atoms with Crippen LogP contribution in [0, 0.1) is 0 Å². The van der Waals surface area contributed by atoms with E-state index in [0.717, 1.165) is 6.07 Å². The normalized spacial score (nSPS) is 15.5. The van der Waals surface area contributed by atoms with Crippen LogP contribution in [0.4, 0.5) is 39.5 Å². The van der Waals surface area contributed by atoms with Crippen molar-refractivity contribution >= 4 is 5.78 Å². The van der Waals surface area contributed by atoms with Crippen LogP contribution >= 0.6 is 0 Å². The van der Waals surface area contributed by atoms with Crippen LogP contribution in [0.3, 0.4) is 0 Å². The highest BCUT2D eigenvalue weighted by Gasteiger charge is 2.83. The molecule has 0 saturated heterocycles. The fourth-order valence-corrected chi connectivity index (χ4v) is 1.74. The highest BCUT2D eigenvalue weighted by Crippen LogP contribution is 2.54. The van der Waals surface area contributed by atoms with Crippen molar-refractivity contribution in [3.8, 4) is 11.5 Å². The van der Waals surface area contributed by atoms with Gasteiger partial charge in [0, 0.05) is 5.56 Å². The number of rotatable bonds is 4. The van der Waals surface area contributed by atoms with Gasteiger partial charge in [0.25, 0.3) is 0 Å². The van der Waals surface area contributed by atoms with Gasteiger partial charge in [-0.25, -0.2) is 0 Å². The van der Waals surface area contributed by atoms with Crippen LogP contribution in [0.1, 0.15) is 10.4 Å². The molecule has 0 bridgehead atoms. The Bertz CT molecular complexity index is 666. The van der Waals surface area contributed by atoms with E-state index >= 15 is 0 Å². The molecule has 1 aromatic carbocycles.